The molecule has 0 spiro atoms. The van der Waals surface area contributed by atoms with Crippen LogP contribution in [0.25, 0.3) is 0 Å². The van der Waals surface area contributed by atoms with Crippen molar-refractivity contribution in [1.29, 1.82) is 0 Å². The molecular weight excluding hydrogens is 257 g/mol. The zero-order valence-corrected chi connectivity index (χ0v) is 4.83. The average Bonchev–Trinajstić information content (AvgIpc) is 1.63. The summed E-state index contributed by atoms with van der Waals surface area (Å²) in [5, 5.41) is 16.1. The summed E-state index contributed by atoms with van der Waals surface area (Å²) in [5.74, 6) is -1.90. The third-order valence-electron chi connectivity index (χ3n) is 0.781. The SMILES string of the molecule is O=C(O)CCCC(=O)O.[CsH]. The van der Waals surface area contributed by atoms with Crippen LogP contribution in [0.15, 0.2) is 0 Å². The first-order chi connectivity index (χ1) is 4.13. The van der Waals surface area contributed by atoms with Crippen molar-refractivity contribution >= 4 is 80.8 Å². The molecule has 10 heavy (non-hydrogen) atoms. The molecule has 0 rings (SSSR count). The Balaban J connectivity index is 0. The molecule has 0 radical (unpaired) electrons. The van der Waals surface area contributed by atoms with Crippen LogP contribution in [-0.2, 0) is 9.59 Å². The van der Waals surface area contributed by atoms with Crippen molar-refractivity contribution in [1.82, 2.24) is 0 Å². The van der Waals surface area contributed by atoms with Gasteiger partial charge in [-0.2, -0.15) is 0 Å². The summed E-state index contributed by atoms with van der Waals surface area (Å²) in [4.78, 5) is 19.6. The summed E-state index contributed by atoms with van der Waals surface area (Å²) in [6.45, 7) is 0. The monoisotopic (exact) mass is 266 g/mol. The molecular formula is C5H9CsO4. The fraction of sp³-hybridized carbons (Fsp3) is 0.600. The normalized spacial score (nSPS) is 8.00. The van der Waals surface area contributed by atoms with Gasteiger partial charge in [-0.3, -0.25) is 9.59 Å². The minimum atomic E-state index is -0.948. The molecule has 0 aromatic rings. The van der Waals surface area contributed by atoms with Gasteiger partial charge in [-0.05, 0) is 6.42 Å². The van der Waals surface area contributed by atoms with Crippen LogP contribution in [0.3, 0.4) is 0 Å². The van der Waals surface area contributed by atoms with Crippen LogP contribution in [0, 0.1) is 0 Å². The molecule has 0 aliphatic carbocycles. The summed E-state index contributed by atoms with van der Waals surface area (Å²) >= 11 is 0. The second-order valence-corrected chi connectivity index (χ2v) is 1.64. The number of rotatable bonds is 4. The van der Waals surface area contributed by atoms with E-state index in [1.54, 1.807) is 0 Å². The van der Waals surface area contributed by atoms with Crippen LogP contribution < -0.4 is 0 Å². The molecule has 5 heteroatoms. The van der Waals surface area contributed by atoms with Crippen molar-refractivity contribution in [2.45, 2.75) is 19.3 Å². The Morgan fingerprint density at radius 2 is 1.30 bits per heavy atom. The van der Waals surface area contributed by atoms with E-state index in [0.29, 0.717) is 0 Å². The summed E-state index contributed by atoms with van der Waals surface area (Å²) in [5.41, 5.74) is 0. The number of carbonyl (C=O) groups is 2. The van der Waals surface area contributed by atoms with E-state index in [-0.39, 0.29) is 88.2 Å². The number of carboxylic acids is 2. The van der Waals surface area contributed by atoms with Gasteiger partial charge in [0.05, 0.1) is 0 Å². The zero-order valence-electron chi connectivity index (χ0n) is 4.83. The molecule has 54 valence electrons. The van der Waals surface area contributed by atoms with Gasteiger partial charge >= 0.3 is 80.8 Å². The van der Waals surface area contributed by atoms with Gasteiger partial charge in [0.2, 0.25) is 0 Å². The Bertz CT molecular complexity index is 109. The molecule has 0 amide bonds. The second-order valence-electron chi connectivity index (χ2n) is 1.64. The Morgan fingerprint density at radius 1 is 1.00 bits per heavy atom. The molecule has 0 heterocycles. The Hall–Kier alpha value is 0.992. The predicted molar refractivity (Wildman–Crippen MR) is 36.3 cm³/mol. The number of carboxylic acid groups (broad SMARTS) is 2. The van der Waals surface area contributed by atoms with Crippen LogP contribution in [0.2, 0.25) is 0 Å². The first-order valence-corrected chi connectivity index (χ1v) is 2.56. The Kier molecular flexibility index (Phi) is 11.0. The van der Waals surface area contributed by atoms with E-state index in [9.17, 15) is 9.59 Å². The van der Waals surface area contributed by atoms with E-state index >= 15 is 0 Å². The van der Waals surface area contributed by atoms with Gasteiger partial charge in [0.25, 0.3) is 0 Å². The van der Waals surface area contributed by atoms with Gasteiger partial charge in [-0.1, -0.05) is 0 Å². The van der Waals surface area contributed by atoms with Gasteiger partial charge in [0.1, 0.15) is 0 Å². The van der Waals surface area contributed by atoms with Gasteiger partial charge < -0.3 is 10.2 Å². The fourth-order valence-corrected chi connectivity index (χ4v) is 0.391. The van der Waals surface area contributed by atoms with Crippen LogP contribution in [-0.4, -0.2) is 91.0 Å². The van der Waals surface area contributed by atoms with Crippen LogP contribution in [0.5, 0.6) is 0 Å². The summed E-state index contributed by atoms with van der Waals surface area (Å²) in [7, 11) is 0. The van der Waals surface area contributed by atoms with Gasteiger partial charge in [0, 0.05) is 12.8 Å². The van der Waals surface area contributed by atoms with E-state index in [2.05, 4.69) is 0 Å². The summed E-state index contributed by atoms with van der Waals surface area (Å²) in [6.07, 6.45) is 0.0866. The van der Waals surface area contributed by atoms with Crippen molar-refractivity contribution < 1.29 is 19.8 Å². The molecule has 0 bridgehead atoms. The molecule has 0 fully saturated rings. The van der Waals surface area contributed by atoms with Crippen molar-refractivity contribution in [3.8, 4) is 0 Å². The maximum atomic E-state index is 9.79. The molecule has 4 nitrogen and oxygen atoms in total. The predicted octanol–water partition coefficient (Wildman–Crippen LogP) is -0.323. The van der Waals surface area contributed by atoms with Gasteiger partial charge in [-0.15, -0.1) is 0 Å². The molecule has 0 aromatic heterocycles. The van der Waals surface area contributed by atoms with Crippen LogP contribution >= 0.6 is 0 Å². The molecule has 0 aromatic carbocycles. The quantitative estimate of drug-likeness (QED) is 0.731. The van der Waals surface area contributed by atoms with Crippen LogP contribution in [0.4, 0.5) is 0 Å². The summed E-state index contributed by atoms with van der Waals surface area (Å²) < 4.78 is 0. The minimum absolute atomic E-state index is 0. The van der Waals surface area contributed by atoms with Crippen molar-refractivity contribution in [3.05, 3.63) is 0 Å². The van der Waals surface area contributed by atoms with Gasteiger partial charge in [0.15, 0.2) is 0 Å². The first kappa shape index (κ1) is 13.6. The summed E-state index contributed by atoms with van der Waals surface area (Å²) in [6, 6.07) is 0. The van der Waals surface area contributed by atoms with Crippen molar-refractivity contribution in [3.63, 3.8) is 0 Å². The Morgan fingerprint density at radius 3 is 1.50 bits per heavy atom. The van der Waals surface area contributed by atoms with E-state index in [4.69, 9.17) is 10.2 Å². The van der Waals surface area contributed by atoms with E-state index in [1.165, 1.54) is 0 Å². The number of hydrogen-bond donors (Lipinski definition) is 2. The molecule has 2 N–H and O–H groups in total. The molecule has 0 aliphatic heterocycles. The second kappa shape index (κ2) is 8.09. The zero-order chi connectivity index (χ0) is 7.28. The third-order valence-corrected chi connectivity index (χ3v) is 0.781. The number of hydrogen-bond acceptors (Lipinski definition) is 2. The van der Waals surface area contributed by atoms with E-state index in [1.807, 2.05) is 0 Å². The molecule has 0 saturated heterocycles. The Labute approximate surface area is 117 Å². The standard InChI is InChI=1S/C5H8O4.Cs.H/c6-4(7)2-1-3-5(8)9;;/h1-3H2,(H,6,7)(H,8,9);;. The maximum absolute atomic E-state index is 9.79. The van der Waals surface area contributed by atoms with Gasteiger partial charge in [-0.25, -0.2) is 0 Å². The average molecular weight is 266 g/mol. The third kappa shape index (κ3) is 11.7. The number of aliphatic carboxylic acids is 2. The van der Waals surface area contributed by atoms with E-state index in [0.717, 1.165) is 0 Å². The first-order valence-electron chi connectivity index (χ1n) is 2.56. The van der Waals surface area contributed by atoms with Crippen molar-refractivity contribution in [2.24, 2.45) is 0 Å². The molecule has 0 aliphatic rings. The molecule has 0 atom stereocenters. The van der Waals surface area contributed by atoms with E-state index < -0.39 is 11.9 Å². The molecule has 0 saturated carbocycles. The molecule has 0 unspecified atom stereocenters. The fourth-order valence-electron chi connectivity index (χ4n) is 0.391. The topological polar surface area (TPSA) is 74.6 Å². The van der Waals surface area contributed by atoms with Crippen LogP contribution in [0.1, 0.15) is 19.3 Å². The van der Waals surface area contributed by atoms with Crippen molar-refractivity contribution in [2.75, 3.05) is 0 Å².